The largest absolute Gasteiger partial charge is 0.391 e. The molecule has 26 heavy (non-hydrogen) atoms. The zero-order chi connectivity index (χ0) is 17.9. The molecule has 0 spiro atoms. The van der Waals surface area contributed by atoms with Gasteiger partial charge in [-0.05, 0) is 42.5 Å². The number of hydrogen-bond donors (Lipinski definition) is 2. The summed E-state index contributed by atoms with van der Waals surface area (Å²) in [5, 5.41) is 17.9. The fourth-order valence-electron chi connectivity index (χ4n) is 3.68. The molecule has 0 bridgehead atoms. The Morgan fingerprint density at radius 2 is 2.15 bits per heavy atom. The van der Waals surface area contributed by atoms with E-state index in [1.165, 1.54) is 6.07 Å². The molecule has 0 radical (unpaired) electrons. The number of rotatable bonds is 6. The van der Waals surface area contributed by atoms with Crippen LogP contribution >= 0.6 is 0 Å². The highest BCUT2D eigenvalue weighted by atomic mass is 19.1. The van der Waals surface area contributed by atoms with Gasteiger partial charge in [-0.25, -0.2) is 9.37 Å². The van der Waals surface area contributed by atoms with Crippen molar-refractivity contribution in [3.8, 4) is 5.69 Å². The Morgan fingerprint density at radius 3 is 2.88 bits per heavy atom. The number of benzene rings is 1. The van der Waals surface area contributed by atoms with Crippen molar-refractivity contribution in [3.63, 3.8) is 0 Å². The summed E-state index contributed by atoms with van der Waals surface area (Å²) >= 11 is 0. The van der Waals surface area contributed by atoms with E-state index in [1.54, 1.807) is 35.6 Å². The summed E-state index contributed by atoms with van der Waals surface area (Å²) in [5.74, 6) is 0.105. The van der Waals surface area contributed by atoms with Crippen LogP contribution in [0.2, 0.25) is 0 Å². The predicted octanol–water partition coefficient (Wildman–Crippen LogP) is 2.14. The molecule has 0 saturated heterocycles. The van der Waals surface area contributed by atoms with Crippen LogP contribution in [0.4, 0.5) is 4.39 Å². The van der Waals surface area contributed by atoms with Gasteiger partial charge in [0.15, 0.2) is 0 Å². The summed E-state index contributed by atoms with van der Waals surface area (Å²) < 4.78 is 17.9. The fraction of sp³-hybridized carbons (Fsp3) is 0.368. The van der Waals surface area contributed by atoms with E-state index >= 15 is 0 Å². The van der Waals surface area contributed by atoms with Gasteiger partial charge in [-0.3, -0.25) is 4.68 Å². The van der Waals surface area contributed by atoms with Crippen LogP contribution in [-0.4, -0.2) is 36.6 Å². The first-order valence-electron chi connectivity index (χ1n) is 8.84. The molecule has 2 heterocycles. The second kappa shape index (κ2) is 7.39. The van der Waals surface area contributed by atoms with Crippen LogP contribution in [0.15, 0.2) is 55.4 Å². The Kier molecular flexibility index (Phi) is 4.81. The Bertz CT molecular complexity index is 834. The summed E-state index contributed by atoms with van der Waals surface area (Å²) in [7, 11) is 0. The van der Waals surface area contributed by atoms with E-state index in [0.29, 0.717) is 18.2 Å². The van der Waals surface area contributed by atoms with Crippen LogP contribution in [0.1, 0.15) is 18.4 Å². The maximum Gasteiger partial charge on any atom is 0.147 e. The zero-order valence-electron chi connectivity index (χ0n) is 14.4. The molecule has 2 aromatic heterocycles. The summed E-state index contributed by atoms with van der Waals surface area (Å²) in [5.41, 5.74) is 1.33. The van der Waals surface area contributed by atoms with Gasteiger partial charge in [0.05, 0.1) is 18.1 Å². The molecule has 7 heteroatoms. The van der Waals surface area contributed by atoms with Gasteiger partial charge in [0.25, 0.3) is 0 Å². The highest BCUT2D eigenvalue weighted by Crippen LogP contribution is 2.27. The van der Waals surface area contributed by atoms with Gasteiger partial charge in [0, 0.05) is 43.9 Å². The molecule has 2 N–H and O–H groups in total. The maximum absolute atomic E-state index is 14.3. The first-order valence-corrected chi connectivity index (χ1v) is 8.84. The van der Waals surface area contributed by atoms with Crippen molar-refractivity contribution in [2.75, 3.05) is 0 Å². The van der Waals surface area contributed by atoms with Crippen molar-refractivity contribution in [3.05, 3.63) is 66.8 Å². The molecule has 136 valence electrons. The van der Waals surface area contributed by atoms with Gasteiger partial charge in [-0.1, -0.05) is 6.07 Å². The van der Waals surface area contributed by atoms with Gasteiger partial charge in [0.2, 0.25) is 0 Å². The van der Waals surface area contributed by atoms with Crippen LogP contribution in [0.3, 0.4) is 0 Å². The average Bonchev–Trinajstić information content (AvgIpc) is 3.36. The minimum Gasteiger partial charge on any atom is -0.391 e. The topological polar surface area (TPSA) is 67.9 Å². The van der Waals surface area contributed by atoms with Crippen LogP contribution in [0, 0.1) is 11.7 Å². The molecule has 0 amide bonds. The number of halogens is 1. The lowest BCUT2D eigenvalue weighted by Crippen LogP contribution is -2.35. The van der Waals surface area contributed by atoms with E-state index in [2.05, 4.69) is 15.4 Å². The van der Waals surface area contributed by atoms with E-state index in [1.807, 2.05) is 23.0 Å². The van der Waals surface area contributed by atoms with Gasteiger partial charge in [-0.15, -0.1) is 0 Å². The second-order valence-corrected chi connectivity index (χ2v) is 6.88. The van der Waals surface area contributed by atoms with Crippen molar-refractivity contribution in [1.29, 1.82) is 0 Å². The second-order valence-electron chi connectivity index (χ2n) is 6.88. The van der Waals surface area contributed by atoms with Crippen molar-refractivity contribution in [1.82, 2.24) is 24.6 Å². The molecule has 3 aromatic rings. The van der Waals surface area contributed by atoms with E-state index in [0.717, 1.165) is 24.9 Å². The van der Waals surface area contributed by atoms with E-state index in [-0.39, 0.29) is 18.0 Å². The molecule has 6 nitrogen and oxygen atoms in total. The molecule has 1 unspecified atom stereocenters. The lowest BCUT2D eigenvalue weighted by molar-refractivity contribution is 0.145. The standard InChI is InChI=1S/C19H22FN5O/c20-16-8-14(2-3-18(16)24-7-5-21-13-24)11-22-17-9-15(10-19(17)26)12-25-6-1-4-23-25/h1-8,13,15,17,19,22,26H,9-12H2/t15?,17-,19-/m1/s1. The van der Waals surface area contributed by atoms with Crippen molar-refractivity contribution >= 4 is 0 Å². The highest BCUT2D eigenvalue weighted by Gasteiger charge is 2.32. The minimum absolute atomic E-state index is 0.0203. The summed E-state index contributed by atoms with van der Waals surface area (Å²) in [6.45, 7) is 1.34. The summed E-state index contributed by atoms with van der Waals surface area (Å²) in [6.07, 6.45) is 9.88. The SMILES string of the molecule is O[C@@H]1CC(Cn2cccn2)C[C@H]1NCc1ccc(-n2ccnc2)c(F)c1. The number of nitrogens with one attached hydrogen (secondary N) is 1. The predicted molar refractivity (Wildman–Crippen MR) is 95.1 cm³/mol. The van der Waals surface area contributed by atoms with Crippen LogP contribution in [-0.2, 0) is 13.1 Å². The molecule has 1 aliphatic rings. The molecule has 1 aromatic carbocycles. The fourth-order valence-corrected chi connectivity index (χ4v) is 3.68. The number of nitrogens with zero attached hydrogens (tertiary/aromatic N) is 4. The lowest BCUT2D eigenvalue weighted by Gasteiger charge is -2.17. The summed E-state index contributed by atoms with van der Waals surface area (Å²) in [6, 6.07) is 7.11. The molecule has 1 saturated carbocycles. The number of imidazole rings is 1. The number of hydrogen-bond acceptors (Lipinski definition) is 4. The summed E-state index contributed by atoms with van der Waals surface area (Å²) in [4.78, 5) is 3.94. The number of aliphatic hydroxyl groups is 1. The van der Waals surface area contributed by atoms with E-state index in [9.17, 15) is 9.50 Å². The quantitative estimate of drug-likeness (QED) is 0.711. The lowest BCUT2D eigenvalue weighted by atomic mass is 10.1. The molecule has 3 atom stereocenters. The van der Waals surface area contributed by atoms with Crippen molar-refractivity contribution in [2.45, 2.75) is 38.1 Å². The van der Waals surface area contributed by atoms with Gasteiger partial charge in [0.1, 0.15) is 5.82 Å². The van der Waals surface area contributed by atoms with Gasteiger partial charge >= 0.3 is 0 Å². The highest BCUT2D eigenvalue weighted by molar-refractivity contribution is 5.36. The minimum atomic E-state index is -0.384. The maximum atomic E-state index is 14.3. The normalized spacial score (nSPS) is 22.8. The number of aromatic nitrogens is 4. The van der Waals surface area contributed by atoms with Crippen molar-refractivity contribution < 1.29 is 9.50 Å². The Balaban J connectivity index is 1.34. The van der Waals surface area contributed by atoms with Crippen LogP contribution < -0.4 is 5.32 Å². The average molecular weight is 355 g/mol. The third-order valence-corrected chi connectivity index (χ3v) is 4.99. The molecular formula is C19H22FN5O. The van der Waals surface area contributed by atoms with Gasteiger partial charge in [-0.2, -0.15) is 5.10 Å². The van der Waals surface area contributed by atoms with Gasteiger partial charge < -0.3 is 15.0 Å². The Labute approximate surface area is 151 Å². The number of aliphatic hydroxyl groups excluding tert-OH is 1. The third kappa shape index (κ3) is 3.68. The molecule has 1 aliphatic carbocycles. The molecule has 4 rings (SSSR count). The van der Waals surface area contributed by atoms with E-state index < -0.39 is 0 Å². The smallest absolute Gasteiger partial charge is 0.147 e. The van der Waals surface area contributed by atoms with Crippen molar-refractivity contribution in [2.24, 2.45) is 5.92 Å². The van der Waals surface area contributed by atoms with Crippen LogP contribution in [0.5, 0.6) is 0 Å². The van der Waals surface area contributed by atoms with Crippen LogP contribution in [0.25, 0.3) is 5.69 Å². The Morgan fingerprint density at radius 1 is 1.23 bits per heavy atom. The Hall–Kier alpha value is -2.51. The van der Waals surface area contributed by atoms with E-state index in [4.69, 9.17) is 0 Å². The first kappa shape index (κ1) is 16.9. The molecular weight excluding hydrogens is 333 g/mol. The zero-order valence-corrected chi connectivity index (χ0v) is 14.4. The molecule has 0 aliphatic heterocycles. The third-order valence-electron chi connectivity index (χ3n) is 4.99. The monoisotopic (exact) mass is 355 g/mol. The molecule has 1 fully saturated rings. The first-order chi connectivity index (χ1) is 12.7.